The fourth-order valence-electron chi connectivity index (χ4n) is 2.42. The minimum atomic E-state index is 0. The zero-order chi connectivity index (χ0) is 15.1. The molecule has 0 unspecified atom stereocenters. The molecule has 1 aliphatic heterocycles. The molecular formula is C17H27IN4. The summed E-state index contributed by atoms with van der Waals surface area (Å²) in [5.74, 6) is 0.471. The first-order valence-electron chi connectivity index (χ1n) is 7.62. The van der Waals surface area contributed by atoms with Gasteiger partial charge in [-0.2, -0.15) is 0 Å². The average Bonchev–Trinajstić information content (AvgIpc) is 2.97. The molecule has 4 nitrogen and oxygen atoms in total. The molecule has 0 aromatic heterocycles. The van der Waals surface area contributed by atoms with Crippen LogP contribution in [0.1, 0.15) is 30.9 Å². The van der Waals surface area contributed by atoms with Gasteiger partial charge >= 0.3 is 0 Å². The summed E-state index contributed by atoms with van der Waals surface area (Å²) in [6.07, 6.45) is 2.67. The minimum Gasteiger partial charge on any atom is -0.370 e. The predicted octanol–water partition coefficient (Wildman–Crippen LogP) is 2.88. The molecule has 0 saturated carbocycles. The van der Waals surface area contributed by atoms with E-state index in [1.807, 2.05) is 6.92 Å². The van der Waals surface area contributed by atoms with Gasteiger partial charge in [-0.25, -0.2) is 4.99 Å². The van der Waals surface area contributed by atoms with Gasteiger partial charge < -0.3 is 11.1 Å². The summed E-state index contributed by atoms with van der Waals surface area (Å²) >= 11 is 0. The maximum Gasteiger partial charge on any atom is 0.189 e. The smallest absolute Gasteiger partial charge is 0.189 e. The van der Waals surface area contributed by atoms with E-state index in [2.05, 4.69) is 46.1 Å². The number of hydrogen-bond acceptors (Lipinski definition) is 2. The molecule has 1 aliphatic rings. The number of rotatable bonds is 6. The monoisotopic (exact) mass is 414 g/mol. The van der Waals surface area contributed by atoms with Crippen LogP contribution in [0.5, 0.6) is 0 Å². The van der Waals surface area contributed by atoms with Crippen molar-refractivity contribution in [2.45, 2.75) is 32.9 Å². The molecule has 0 bridgehead atoms. The number of nitrogens with two attached hydrogens (primary N) is 1. The van der Waals surface area contributed by atoms with Crippen LogP contribution in [0.25, 0.3) is 0 Å². The molecule has 0 spiro atoms. The fourth-order valence-corrected chi connectivity index (χ4v) is 2.42. The van der Waals surface area contributed by atoms with Crippen molar-refractivity contribution in [3.63, 3.8) is 0 Å². The van der Waals surface area contributed by atoms with E-state index in [1.54, 1.807) is 0 Å². The van der Waals surface area contributed by atoms with Crippen molar-refractivity contribution in [3.05, 3.63) is 47.5 Å². The van der Waals surface area contributed by atoms with Crippen molar-refractivity contribution < 1.29 is 0 Å². The highest BCUT2D eigenvalue weighted by atomic mass is 127. The summed E-state index contributed by atoms with van der Waals surface area (Å²) in [5.41, 5.74) is 9.39. The second kappa shape index (κ2) is 9.84. The van der Waals surface area contributed by atoms with Gasteiger partial charge in [0.25, 0.3) is 0 Å². The van der Waals surface area contributed by atoms with Crippen molar-refractivity contribution in [3.8, 4) is 0 Å². The number of guanidine groups is 1. The van der Waals surface area contributed by atoms with Crippen molar-refractivity contribution in [1.29, 1.82) is 0 Å². The quantitative estimate of drug-likeness (QED) is 0.326. The summed E-state index contributed by atoms with van der Waals surface area (Å²) < 4.78 is 0. The first kappa shape index (κ1) is 19.0. The van der Waals surface area contributed by atoms with Gasteiger partial charge in [0, 0.05) is 13.1 Å². The highest BCUT2D eigenvalue weighted by Crippen LogP contribution is 2.13. The van der Waals surface area contributed by atoms with Crippen LogP contribution in [0, 0.1) is 0 Å². The molecule has 0 radical (unpaired) electrons. The molecule has 22 heavy (non-hydrogen) atoms. The van der Waals surface area contributed by atoms with Gasteiger partial charge in [0.05, 0.1) is 6.54 Å². The second-order valence-electron chi connectivity index (χ2n) is 5.81. The van der Waals surface area contributed by atoms with E-state index in [9.17, 15) is 0 Å². The Bertz CT molecular complexity index is 490. The number of likely N-dealkylation sites (tertiary alicyclic amines) is 1. The molecule has 1 fully saturated rings. The lowest BCUT2D eigenvalue weighted by Gasteiger charge is -2.14. The van der Waals surface area contributed by atoms with Crippen molar-refractivity contribution >= 4 is 29.9 Å². The predicted molar refractivity (Wildman–Crippen MR) is 105 cm³/mol. The number of benzene rings is 1. The van der Waals surface area contributed by atoms with E-state index in [-0.39, 0.29) is 24.0 Å². The van der Waals surface area contributed by atoms with Crippen LogP contribution >= 0.6 is 24.0 Å². The fraction of sp³-hybridized carbons (Fsp3) is 0.471. The van der Waals surface area contributed by atoms with Gasteiger partial charge in [0.2, 0.25) is 0 Å². The normalized spacial score (nSPS) is 15.4. The Hall–Kier alpha value is -1.08. The lowest BCUT2D eigenvalue weighted by molar-refractivity contribution is 0.331. The van der Waals surface area contributed by atoms with E-state index < -0.39 is 0 Å². The number of nitrogens with zero attached hydrogens (tertiary/aromatic N) is 2. The summed E-state index contributed by atoms with van der Waals surface area (Å²) in [7, 11) is 0. The van der Waals surface area contributed by atoms with Gasteiger partial charge in [-0.1, -0.05) is 36.4 Å². The Morgan fingerprint density at radius 3 is 2.41 bits per heavy atom. The van der Waals surface area contributed by atoms with Crippen LogP contribution in [0.4, 0.5) is 0 Å². The van der Waals surface area contributed by atoms with E-state index in [0.717, 1.165) is 12.1 Å². The summed E-state index contributed by atoms with van der Waals surface area (Å²) in [6.45, 7) is 10.6. The van der Waals surface area contributed by atoms with Gasteiger partial charge in [0.1, 0.15) is 0 Å². The first-order chi connectivity index (χ1) is 10.1. The van der Waals surface area contributed by atoms with Crippen LogP contribution in [0.3, 0.4) is 0 Å². The van der Waals surface area contributed by atoms with Gasteiger partial charge in [-0.05, 0) is 44.0 Å². The highest BCUT2D eigenvalue weighted by molar-refractivity contribution is 14.0. The Morgan fingerprint density at radius 2 is 1.82 bits per heavy atom. The molecule has 1 heterocycles. The molecule has 1 saturated heterocycles. The third-order valence-electron chi connectivity index (χ3n) is 3.63. The number of aliphatic imine (C=N–C) groups is 1. The SMILES string of the molecule is C=C(C)CNC(N)=NCc1ccc(CN2CCCC2)cc1.I. The molecule has 1 aromatic carbocycles. The zero-order valence-electron chi connectivity index (χ0n) is 13.3. The molecule has 3 N–H and O–H groups in total. The van der Waals surface area contributed by atoms with E-state index in [1.165, 1.54) is 37.1 Å². The van der Waals surface area contributed by atoms with Gasteiger partial charge in [0.15, 0.2) is 5.96 Å². The van der Waals surface area contributed by atoms with Crippen LogP contribution < -0.4 is 11.1 Å². The lowest BCUT2D eigenvalue weighted by Crippen LogP contribution is -2.32. The molecule has 1 aromatic rings. The number of halogens is 1. The van der Waals surface area contributed by atoms with Crippen LogP contribution in [-0.2, 0) is 13.1 Å². The zero-order valence-corrected chi connectivity index (χ0v) is 15.7. The maximum absolute atomic E-state index is 5.80. The van der Waals surface area contributed by atoms with E-state index in [0.29, 0.717) is 19.0 Å². The van der Waals surface area contributed by atoms with Gasteiger partial charge in [-0.3, -0.25) is 4.90 Å². The summed E-state index contributed by atoms with van der Waals surface area (Å²) in [5, 5.41) is 3.03. The highest BCUT2D eigenvalue weighted by Gasteiger charge is 2.11. The Morgan fingerprint density at radius 1 is 1.23 bits per heavy atom. The Kier molecular flexibility index (Phi) is 8.48. The summed E-state index contributed by atoms with van der Waals surface area (Å²) in [6, 6.07) is 8.67. The van der Waals surface area contributed by atoms with E-state index in [4.69, 9.17) is 5.73 Å². The molecule has 0 atom stereocenters. The third kappa shape index (κ3) is 6.79. The summed E-state index contributed by atoms with van der Waals surface area (Å²) in [4.78, 5) is 6.84. The van der Waals surface area contributed by atoms with Crippen LogP contribution in [0.2, 0.25) is 0 Å². The molecule has 5 heteroatoms. The largest absolute Gasteiger partial charge is 0.370 e. The topological polar surface area (TPSA) is 53.6 Å². The second-order valence-corrected chi connectivity index (χ2v) is 5.81. The molecule has 0 amide bonds. The first-order valence-corrected chi connectivity index (χ1v) is 7.62. The van der Waals surface area contributed by atoms with Crippen LogP contribution in [-0.4, -0.2) is 30.5 Å². The molecule has 0 aliphatic carbocycles. The Balaban J connectivity index is 0.00000242. The molecular weight excluding hydrogens is 387 g/mol. The lowest BCUT2D eigenvalue weighted by atomic mass is 10.1. The number of hydrogen-bond donors (Lipinski definition) is 2. The van der Waals surface area contributed by atoms with Gasteiger partial charge in [-0.15, -0.1) is 24.0 Å². The maximum atomic E-state index is 5.80. The molecule has 2 rings (SSSR count). The Labute approximate surface area is 150 Å². The number of nitrogens with one attached hydrogen (secondary N) is 1. The molecule has 122 valence electrons. The van der Waals surface area contributed by atoms with Crippen molar-refractivity contribution in [2.75, 3.05) is 19.6 Å². The van der Waals surface area contributed by atoms with Crippen LogP contribution in [0.15, 0.2) is 41.4 Å². The van der Waals surface area contributed by atoms with Crippen molar-refractivity contribution in [2.24, 2.45) is 10.7 Å². The van der Waals surface area contributed by atoms with E-state index >= 15 is 0 Å². The average molecular weight is 414 g/mol. The van der Waals surface area contributed by atoms with Crippen molar-refractivity contribution in [1.82, 2.24) is 10.2 Å². The third-order valence-corrected chi connectivity index (χ3v) is 3.63. The minimum absolute atomic E-state index is 0. The standard InChI is InChI=1S/C17H26N4.HI/c1-14(2)11-19-17(18)20-12-15-5-7-16(8-6-15)13-21-9-3-4-10-21;/h5-8H,1,3-4,9-13H2,2H3,(H3,18,19,20);1H.